The van der Waals surface area contributed by atoms with E-state index in [1.807, 2.05) is 21.1 Å². The number of nitrogens with zero attached hydrogens (tertiary/aromatic N) is 1. The first-order valence-electron chi connectivity index (χ1n) is 10.6. The summed E-state index contributed by atoms with van der Waals surface area (Å²) in [5.74, 6) is -0.584. The number of benzene rings is 1. The van der Waals surface area contributed by atoms with Gasteiger partial charge in [0.25, 0.3) is 0 Å². The Labute approximate surface area is 200 Å². The van der Waals surface area contributed by atoms with Crippen molar-refractivity contribution in [1.29, 1.82) is 0 Å². The lowest BCUT2D eigenvalue weighted by molar-refractivity contribution is -0.873. The molecule has 0 aliphatic carbocycles. The zero-order valence-electron chi connectivity index (χ0n) is 19.0. The number of aliphatic carboxylic acids is 1. The van der Waals surface area contributed by atoms with Gasteiger partial charge in [-0.15, -0.1) is 0 Å². The average Bonchev–Trinajstić information content (AvgIpc) is 2.62. The maximum absolute atomic E-state index is 12.1. The molecule has 2 N–H and O–H groups in total. The van der Waals surface area contributed by atoms with Crippen LogP contribution in [0.4, 0.5) is 0 Å². The number of hydrogen-bond acceptors (Lipinski definition) is 5. The summed E-state index contributed by atoms with van der Waals surface area (Å²) in [5.41, 5.74) is 0. The Kier molecular flexibility index (Phi) is 13.1. The van der Waals surface area contributed by atoms with E-state index in [1.165, 1.54) is 0 Å². The summed E-state index contributed by atoms with van der Waals surface area (Å²) in [6.07, 6.45) is 3.98. The zero-order chi connectivity index (χ0) is 24.2. The van der Waals surface area contributed by atoms with Crippen LogP contribution in [-0.4, -0.2) is 67.5 Å². The number of unbranched alkanes of at least 4 members (excludes halogenated alkanes) is 5. The van der Waals surface area contributed by atoms with E-state index in [4.69, 9.17) is 42.1 Å². The summed E-state index contributed by atoms with van der Waals surface area (Å²) < 4.78 is 28.3. The average molecular weight is 515 g/mol. The Morgan fingerprint density at radius 3 is 2.09 bits per heavy atom. The van der Waals surface area contributed by atoms with Crippen LogP contribution >= 0.6 is 31.0 Å². The molecule has 0 bridgehead atoms. The van der Waals surface area contributed by atoms with Crippen molar-refractivity contribution in [2.45, 2.75) is 51.0 Å². The number of rotatable bonds is 17. The molecule has 1 aromatic carbocycles. The molecule has 2 atom stereocenters. The van der Waals surface area contributed by atoms with Gasteiger partial charge in [0, 0.05) is 0 Å². The van der Waals surface area contributed by atoms with Gasteiger partial charge in [0.15, 0.2) is 5.75 Å². The predicted molar refractivity (Wildman–Crippen MR) is 125 cm³/mol. The summed E-state index contributed by atoms with van der Waals surface area (Å²) in [7, 11) is 1.23. The molecule has 1 aromatic rings. The van der Waals surface area contributed by atoms with Crippen LogP contribution in [0.3, 0.4) is 0 Å². The van der Waals surface area contributed by atoms with E-state index < -0.39 is 19.9 Å². The number of likely N-dealkylation sites (N-methyl/N-ethyl adjacent to an activating group) is 1. The monoisotopic (exact) mass is 514 g/mol. The van der Waals surface area contributed by atoms with Crippen molar-refractivity contribution in [3.05, 3.63) is 28.2 Å². The highest BCUT2D eigenvalue weighted by Gasteiger charge is 2.31. The Balaban J connectivity index is 2.16. The molecule has 0 spiro atoms. The molecule has 0 heterocycles. The normalized spacial score (nSPS) is 14.7. The minimum atomic E-state index is -4.31. The highest BCUT2D eigenvalue weighted by Crippen LogP contribution is 2.45. The first kappa shape index (κ1) is 29.2. The van der Waals surface area contributed by atoms with E-state index in [9.17, 15) is 14.3 Å². The molecule has 0 saturated carbocycles. The molecule has 184 valence electrons. The number of carboxylic acid groups (broad SMARTS) is 1. The fourth-order valence-electron chi connectivity index (χ4n) is 3.05. The van der Waals surface area contributed by atoms with Gasteiger partial charge in [-0.25, -0.2) is 4.57 Å². The van der Waals surface area contributed by atoms with Crippen LogP contribution in [0.25, 0.3) is 0 Å². The van der Waals surface area contributed by atoms with E-state index in [-0.39, 0.29) is 19.6 Å². The number of carboxylic acids is 1. The molecular formula is C21H35Cl2NO7P+. The SMILES string of the molecule is C[N+](C)(C)C[C@@H](CC(=O)O)OP(=O)(O)OCCCCCCCCOc1c(Cl)cccc1Cl. The van der Waals surface area contributed by atoms with Crippen molar-refractivity contribution < 1.29 is 37.6 Å². The second kappa shape index (κ2) is 14.4. The fraction of sp³-hybridized carbons (Fsp3) is 0.667. The maximum Gasteiger partial charge on any atom is 0.472 e. The summed E-state index contributed by atoms with van der Waals surface area (Å²) in [6, 6.07) is 5.23. The Morgan fingerprint density at radius 1 is 1.03 bits per heavy atom. The van der Waals surface area contributed by atoms with E-state index in [1.54, 1.807) is 18.2 Å². The van der Waals surface area contributed by atoms with Crippen molar-refractivity contribution in [1.82, 2.24) is 0 Å². The summed E-state index contributed by atoms with van der Waals surface area (Å²) in [4.78, 5) is 20.9. The van der Waals surface area contributed by atoms with Crippen LogP contribution < -0.4 is 4.74 Å². The first-order valence-corrected chi connectivity index (χ1v) is 12.9. The lowest BCUT2D eigenvalue weighted by Crippen LogP contribution is -2.42. The summed E-state index contributed by atoms with van der Waals surface area (Å²) in [6.45, 7) is 0.876. The van der Waals surface area contributed by atoms with Gasteiger partial charge in [-0.05, 0) is 25.0 Å². The van der Waals surface area contributed by atoms with Crippen LogP contribution in [0.2, 0.25) is 10.0 Å². The minimum Gasteiger partial charge on any atom is -0.490 e. The second-order valence-electron chi connectivity index (χ2n) is 8.62. The molecule has 32 heavy (non-hydrogen) atoms. The summed E-state index contributed by atoms with van der Waals surface area (Å²) in [5, 5.41) is 9.98. The van der Waals surface area contributed by atoms with Crippen LogP contribution in [0, 0.1) is 0 Å². The van der Waals surface area contributed by atoms with Crippen LogP contribution in [0.5, 0.6) is 5.75 Å². The number of para-hydroxylation sites is 1. The van der Waals surface area contributed by atoms with Crippen molar-refractivity contribution in [3.8, 4) is 5.75 Å². The van der Waals surface area contributed by atoms with E-state index in [2.05, 4.69) is 0 Å². The molecule has 1 rings (SSSR count). The first-order chi connectivity index (χ1) is 14.9. The van der Waals surface area contributed by atoms with E-state index >= 15 is 0 Å². The molecule has 8 nitrogen and oxygen atoms in total. The Bertz CT molecular complexity index is 738. The van der Waals surface area contributed by atoms with Gasteiger partial charge in [-0.1, -0.05) is 55.0 Å². The van der Waals surface area contributed by atoms with Gasteiger partial charge in [0.2, 0.25) is 0 Å². The van der Waals surface area contributed by atoms with Gasteiger partial charge >= 0.3 is 13.8 Å². The van der Waals surface area contributed by atoms with E-state index in [0.717, 1.165) is 32.1 Å². The smallest absolute Gasteiger partial charge is 0.472 e. The molecule has 0 fully saturated rings. The fourth-order valence-corrected chi connectivity index (χ4v) is 4.49. The quantitative estimate of drug-likeness (QED) is 0.163. The number of ether oxygens (including phenoxy) is 1. The predicted octanol–water partition coefficient (Wildman–Crippen LogP) is 5.40. The second-order valence-corrected chi connectivity index (χ2v) is 10.8. The molecule has 0 aliphatic heterocycles. The van der Waals surface area contributed by atoms with Crippen LogP contribution in [0.1, 0.15) is 44.9 Å². The lowest BCUT2D eigenvalue weighted by atomic mass is 10.1. The third-order valence-corrected chi connectivity index (χ3v) is 6.06. The number of phosphoric acid groups is 1. The number of hydrogen-bond donors (Lipinski definition) is 2. The van der Waals surface area contributed by atoms with E-state index in [0.29, 0.717) is 33.3 Å². The minimum absolute atomic E-state index is 0.0755. The Hall–Kier alpha value is -0.860. The van der Waals surface area contributed by atoms with Crippen LogP contribution in [-0.2, 0) is 18.4 Å². The third kappa shape index (κ3) is 13.6. The molecule has 0 amide bonds. The molecular weight excluding hydrogens is 480 g/mol. The van der Waals surface area contributed by atoms with Crippen molar-refractivity contribution in [3.63, 3.8) is 0 Å². The number of halogens is 2. The molecule has 0 aromatic heterocycles. The van der Waals surface area contributed by atoms with Crippen molar-refractivity contribution in [2.75, 3.05) is 40.9 Å². The molecule has 0 radical (unpaired) electrons. The van der Waals surface area contributed by atoms with Gasteiger partial charge < -0.3 is 19.2 Å². The molecule has 11 heteroatoms. The van der Waals surface area contributed by atoms with Crippen molar-refractivity contribution in [2.24, 2.45) is 0 Å². The maximum atomic E-state index is 12.1. The Morgan fingerprint density at radius 2 is 1.56 bits per heavy atom. The van der Waals surface area contributed by atoms with Gasteiger partial charge in [-0.2, -0.15) is 0 Å². The van der Waals surface area contributed by atoms with Gasteiger partial charge in [0.1, 0.15) is 12.6 Å². The van der Waals surface area contributed by atoms with Crippen LogP contribution in [0.15, 0.2) is 18.2 Å². The standard InChI is InChI=1S/C21H34Cl2NO7P/c1-24(2,3)16-17(15-20(25)26)31-32(27,28)30-14-9-7-5-4-6-8-13-29-21-18(22)11-10-12-19(21)23/h10-12,17H,4-9,13-16H2,1-3H3,(H-,25,26,27,28)/p+1/t17-/m1/s1. The lowest BCUT2D eigenvalue weighted by Gasteiger charge is -2.29. The largest absolute Gasteiger partial charge is 0.490 e. The molecule has 1 unspecified atom stereocenters. The number of quaternary nitrogens is 1. The zero-order valence-corrected chi connectivity index (χ0v) is 21.4. The molecule has 0 aliphatic rings. The topological polar surface area (TPSA) is 102 Å². The highest BCUT2D eigenvalue weighted by molar-refractivity contribution is 7.47. The highest BCUT2D eigenvalue weighted by atomic mass is 35.5. The third-order valence-electron chi connectivity index (χ3n) is 4.39. The number of carbonyl (C=O) groups is 1. The summed E-state index contributed by atoms with van der Waals surface area (Å²) >= 11 is 12.1. The van der Waals surface area contributed by atoms with Gasteiger partial charge in [-0.3, -0.25) is 13.8 Å². The number of phosphoric ester groups is 1. The van der Waals surface area contributed by atoms with Gasteiger partial charge in [0.05, 0.1) is 50.8 Å². The molecule has 0 saturated heterocycles. The van der Waals surface area contributed by atoms with Crippen molar-refractivity contribution >= 4 is 37.0 Å².